The molecule has 0 saturated carbocycles. The summed E-state index contributed by atoms with van der Waals surface area (Å²) in [5.41, 5.74) is 2.46. The summed E-state index contributed by atoms with van der Waals surface area (Å²) in [6, 6.07) is 7.67. The molecule has 0 radical (unpaired) electrons. The Hall–Kier alpha value is -1.90. The van der Waals surface area contributed by atoms with Gasteiger partial charge in [-0.1, -0.05) is 30.8 Å². The Labute approximate surface area is 106 Å². The first-order valence-corrected chi connectivity index (χ1v) is 5.91. The second-order valence-corrected chi connectivity index (χ2v) is 4.65. The van der Waals surface area contributed by atoms with Crippen molar-refractivity contribution in [3.63, 3.8) is 0 Å². The van der Waals surface area contributed by atoms with Gasteiger partial charge in [-0.2, -0.15) is 0 Å². The molecule has 1 aromatic carbocycles. The average Bonchev–Trinajstić information content (AvgIpc) is 2.75. The summed E-state index contributed by atoms with van der Waals surface area (Å²) in [6.07, 6.45) is 0.562. The predicted octanol–water partition coefficient (Wildman–Crippen LogP) is 2.26. The summed E-state index contributed by atoms with van der Waals surface area (Å²) in [7, 11) is 1.35. The van der Waals surface area contributed by atoms with Crippen LogP contribution in [0.3, 0.4) is 0 Å². The number of carbonyl (C=O) groups is 2. The summed E-state index contributed by atoms with van der Waals surface area (Å²) in [5.74, 6) is -1.26. The van der Waals surface area contributed by atoms with Crippen LogP contribution in [0, 0.1) is 5.92 Å². The molecule has 3 heteroatoms. The molecule has 0 aromatic heterocycles. The van der Waals surface area contributed by atoms with Crippen LogP contribution in [0.15, 0.2) is 36.4 Å². The van der Waals surface area contributed by atoms with E-state index in [2.05, 4.69) is 6.58 Å². The Bertz CT molecular complexity index is 516. The van der Waals surface area contributed by atoms with Gasteiger partial charge in [-0.15, -0.1) is 0 Å². The molecule has 94 valence electrons. The molecule has 0 fully saturated rings. The van der Waals surface area contributed by atoms with Gasteiger partial charge < -0.3 is 4.74 Å². The molecule has 0 unspecified atom stereocenters. The summed E-state index contributed by atoms with van der Waals surface area (Å²) >= 11 is 0. The molecular weight excluding hydrogens is 228 g/mol. The van der Waals surface area contributed by atoms with Gasteiger partial charge in [-0.3, -0.25) is 9.59 Å². The Morgan fingerprint density at radius 3 is 2.61 bits per heavy atom. The van der Waals surface area contributed by atoms with E-state index in [-0.39, 0.29) is 11.8 Å². The third-order valence-electron chi connectivity index (χ3n) is 3.44. The first-order chi connectivity index (χ1) is 8.56. The molecule has 0 amide bonds. The highest BCUT2D eigenvalue weighted by Gasteiger charge is 2.41. The minimum atomic E-state index is -0.439. The second-order valence-electron chi connectivity index (χ2n) is 4.65. The van der Waals surface area contributed by atoms with Gasteiger partial charge in [-0.05, 0) is 30.0 Å². The van der Waals surface area contributed by atoms with E-state index in [9.17, 15) is 9.59 Å². The topological polar surface area (TPSA) is 43.4 Å². The van der Waals surface area contributed by atoms with Gasteiger partial charge in [0, 0.05) is 0 Å². The van der Waals surface area contributed by atoms with E-state index >= 15 is 0 Å². The molecule has 2 rings (SSSR count). The SMILES string of the molecule is C=C(C)C(=O)[C@@H]1c2ccccc2C[C@H]1C(=O)OC. The molecule has 18 heavy (non-hydrogen) atoms. The number of hydrogen-bond acceptors (Lipinski definition) is 3. The van der Waals surface area contributed by atoms with Gasteiger partial charge in [0.2, 0.25) is 0 Å². The van der Waals surface area contributed by atoms with Crippen LogP contribution in [0.5, 0.6) is 0 Å². The Morgan fingerprint density at radius 2 is 2.00 bits per heavy atom. The standard InChI is InChI=1S/C15H16O3/c1-9(2)14(16)13-11-7-5-4-6-10(11)8-12(13)15(17)18-3/h4-7,12-13H,1,8H2,2-3H3/t12-,13-/m1/s1. The first kappa shape index (κ1) is 12.6. The molecular formula is C15H16O3. The van der Waals surface area contributed by atoms with Crippen LogP contribution < -0.4 is 0 Å². The number of allylic oxidation sites excluding steroid dienone is 1. The fourth-order valence-electron chi connectivity index (χ4n) is 2.56. The van der Waals surface area contributed by atoms with Crippen LogP contribution in [0.25, 0.3) is 0 Å². The fourth-order valence-corrected chi connectivity index (χ4v) is 2.56. The Morgan fingerprint density at radius 1 is 1.33 bits per heavy atom. The second kappa shape index (κ2) is 4.77. The van der Waals surface area contributed by atoms with Crippen LogP contribution >= 0.6 is 0 Å². The highest BCUT2D eigenvalue weighted by atomic mass is 16.5. The molecule has 2 atom stereocenters. The number of fused-ring (bicyclic) bond motifs is 1. The summed E-state index contributed by atoms with van der Waals surface area (Å²) in [5, 5.41) is 0. The van der Waals surface area contributed by atoms with Crippen molar-refractivity contribution in [2.45, 2.75) is 19.3 Å². The summed E-state index contributed by atoms with van der Waals surface area (Å²) in [6.45, 7) is 5.37. The van der Waals surface area contributed by atoms with Crippen molar-refractivity contribution in [1.29, 1.82) is 0 Å². The monoisotopic (exact) mass is 244 g/mol. The average molecular weight is 244 g/mol. The van der Waals surface area contributed by atoms with Crippen LogP contribution in [-0.4, -0.2) is 18.9 Å². The number of Topliss-reactive ketones (excluding diaryl/α,β-unsaturated/α-hetero) is 1. The maximum absolute atomic E-state index is 12.2. The lowest BCUT2D eigenvalue weighted by atomic mass is 9.86. The van der Waals surface area contributed by atoms with Crippen molar-refractivity contribution in [3.05, 3.63) is 47.5 Å². The zero-order valence-corrected chi connectivity index (χ0v) is 10.6. The van der Waals surface area contributed by atoms with Crippen molar-refractivity contribution in [1.82, 2.24) is 0 Å². The number of benzene rings is 1. The molecule has 1 aliphatic carbocycles. The maximum atomic E-state index is 12.2. The minimum Gasteiger partial charge on any atom is -0.469 e. The lowest BCUT2D eigenvalue weighted by molar-refractivity contribution is -0.147. The van der Waals surface area contributed by atoms with E-state index in [4.69, 9.17) is 4.74 Å². The Balaban J connectivity index is 2.45. The molecule has 0 heterocycles. The number of rotatable bonds is 3. The van der Waals surface area contributed by atoms with Gasteiger partial charge in [0.1, 0.15) is 0 Å². The van der Waals surface area contributed by atoms with Crippen molar-refractivity contribution < 1.29 is 14.3 Å². The van der Waals surface area contributed by atoms with E-state index < -0.39 is 11.8 Å². The number of esters is 1. The number of methoxy groups -OCH3 is 1. The smallest absolute Gasteiger partial charge is 0.310 e. The van der Waals surface area contributed by atoms with Gasteiger partial charge in [0.05, 0.1) is 18.9 Å². The molecule has 0 bridgehead atoms. The van der Waals surface area contributed by atoms with Crippen molar-refractivity contribution in [2.24, 2.45) is 5.92 Å². The van der Waals surface area contributed by atoms with E-state index in [0.29, 0.717) is 12.0 Å². The minimum absolute atomic E-state index is 0.0737. The molecule has 0 N–H and O–H groups in total. The maximum Gasteiger partial charge on any atom is 0.310 e. The molecule has 0 aliphatic heterocycles. The van der Waals surface area contributed by atoms with Crippen molar-refractivity contribution in [2.75, 3.05) is 7.11 Å². The highest BCUT2D eigenvalue weighted by Crippen LogP contribution is 2.40. The van der Waals surface area contributed by atoms with Crippen LogP contribution in [0.2, 0.25) is 0 Å². The number of hydrogen-bond donors (Lipinski definition) is 0. The zero-order valence-electron chi connectivity index (χ0n) is 10.6. The third-order valence-corrected chi connectivity index (χ3v) is 3.44. The van der Waals surface area contributed by atoms with E-state index in [0.717, 1.165) is 11.1 Å². The van der Waals surface area contributed by atoms with Crippen molar-refractivity contribution in [3.8, 4) is 0 Å². The van der Waals surface area contributed by atoms with Crippen LogP contribution in [0.1, 0.15) is 24.0 Å². The molecule has 1 aliphatic rings. The normalized spacial score (nSPS) is 21.2. The quantitative estimate of drug-likeness (QED) is 0.605. The van der Waals surface area contributed by atoms with Gasteiger partial charge in [0.15, 0.2) is 5.78 Å². The summed E-state index contributed by atoms with van der Waals surface area (Å²) in [4.78, 5) is 24.0. The number of carbonyl (C=O) groups excluding carboxylic acids is 2. The van der Waals surface area contributed by atoms with Crippen LogP contribution in [0.4, 0.5) is 0 Å². The first-order valence-electron chi connectivity index (χ1n) is 5.91. The largest absolute Gasteiger partial charge is 0.469 e. The van der Waals surface area contributed by atoms with Crippen LogP contribution in [-0.2, 0) is 20.7 Å². The lowest BCUT2D eigenvalue weighted by Crippen LogP contribution is -2.26. The molecule has 1 aromatic rings. The zero-order chi connectivity index (χ0) is 13.3. The molecule has 3 nitrogen and oxygen atoms in total. The third kappa shape index (κ3) is 1.96. The van der Waals surface area contributed by atoms with Gasteiger partial charge >= 0.3 is 5.97 Å². The van der Waals surface area contributed by atoms with E-state index in [1.165, 1.54) is 7.11 Å². The molecule has 0 spiro atoms. The fraction of sp³-hybridized carbons (Fsp3) is 0.333. The van der Waals surface area contributed by atoms with E-state index in [1.54, 1.807) is 6.92 Å². The Kier molecular flexibility index (Phi) is 3.32. The van der Waals surface area contributed by atoms with Crippen molar-refractivity contribution >= 4 is 11.8 Å². The van der Waals surface area contributed by atoms with Gasteiger partial charge in [-0.25, -0.2) is 0 Å². The van der Waals surface area contributed by atoms with E-state index in [1.807, 2.05) is 24.3 Å². The number of ether oxygens (including phenoxy) is 1. The lowest BCUT2D eigenvalue weighted by Gasteiger charge is -2.17. The number of ketones is 1. The van der Waals surface area contributed by atoms with Gasteiger partial charge in [0.25, 0.3) is 0 Å². The highest BCUT2D eigenvalue weighted by molar-refractivity contribution is 6.03. The summed E-state index contributed by atoms with van der Waals surface area (Å²) < 4.78 is 4.80. The predicted molar refractivity (Wildman–Crippen MR) is 68.2 cm³/mol. The molecule has 0 saturated heterocycles.